The van der Waals surface area contributed by atoms with Crippen LogP contribution in [0.4, 0.5) is 0 Å². The molecule has 1 aromatic carbocycles. The van der Waals surface area contributed by atoms with Crippen LogP contribution in [-0.4, -0.2) is 28.4 Å². The molecule has 1 rings (SSSR count). The Labute approximate surface area is 108 Å². The average Bonchev–Trinajstić information content (AvgIpc) is 2.27. The lowest BCUT2D eigenvalue weighted by molar-refractivity contribution is 0.00821. The van der Waals surface area contributed by atoms with Crippen LogP contribution in [-0.2, 0) is 0 Å². The maximum absolute atomic E-state index is 10.8. The molecule has 17 heavy (non-hydrogen) atoms. The van der Waals surface area contributed by atoms with Gasteiger partial charge in [-0.3, -0.25) is 0 Å². The Balaban J connectivity index is 2.83. The van der Waals surface area contributed by atoms with Crippen molar-refractivity contribution in [2.24, 2.45) is 0 Å². The summed E-state index contributed by atoms with van der Waals surface area (Å²) in [5.74, 6) is -0.594. The molecule has 5 heteroatoms. The first-order chi connectivity index (χ1) is 7.85. The summed E-state index contributed by atoms with van der Waals surface area (Å²) >= 11 is 3.27. The van der Waals surface area contributed by atoms with Gasteiger partial charge in [0.05, 0.1) is 15.6 Å². The van der Waals surface area contributed by atoms with E-state index in [1.165, 1.54) is 12.1 Å². The van der Waals surface area contributed by atoms with Crippen molar-refractivity contribution >= 4 is 21.9 Å². The second-order valence-electron chi connectivity index (χ2n) is 4.09. The van der Waals surface area contributed by atoms with Crippen LogP contribution in [0.15, 0.2) is 22.7 Å². The standard InChI is InChI=1S/C12H15BrO4/c1-3-12(2,16)7-17-10-6-8(11(14)15)4-5-9(10)13/h4-6,16H,3,7H2,1-2H3,(H,14,15). The van der Waals surface area contributed by atoms with Gasteiger partial charge in [-0.25, -0.2) is 4.79 Å². The Morgan fingerprint density at radius 2 is 2.18 bits per heavy atom. The third-order valence-corrected chi connectivity index (χ3v) is 3.13. The highest BCUT2D eigenvalue weighted by Gasteiger charge is 2.19. The predicted molar refractivity (Wildman–Crippen MR) is 67.5 cm³/mol. The second kappa shape index (κ2) is 5.51. The largest absolute Gasteiger partial charge is 0.489 e. The van der Waals surface area contributed by atoms with Gasteiger partial charge in [-0.05, 0) is 47.5 Å². The maximum atomic E-state index is 10.8. The number of hydrogen-bond donors (Lipinski definition) is 2. The summed E-state index contributed by atoms with van der Waals surface area (Å²) in [4.78, 5) is 10.8. The lowest BCUT2D eigenvalue weighted by Crippen LogP contribution is -2.31. The van der Waals surface area contributed by atoms with Gasteiger partial charge in [0.1, 0.15) is 12.4 Å². The minimum Gasteiger partial charge on any atom is -0.489 e. The summed E-state index contributed by atoms with van der Waals surface area (Å²) in [6.07, 6.45) is 0.559. The van der Waals surface area contributed by atoms with Gasteiger partial charge >= 0.3 is 5.97 Å². The van der Waals surface area contributed by atoms with Gasteiger partial charge in [0.15, 0.2) is 0 Å². The van der Waals surface area contributed by atoms with Crippen molar-refractivity contribution in [2.45, 2.75) is 25.9 Å². The molecule has 0 radical (unpaired) electrons. The highest BCUT2D eigenvalue weighted by Crippen LogP contribution is 2.27. The monoisotopic (exact) mass is 302 g/mol. The first-order valence-electron chi connectivity index (χ1n) is 5.24. The number of carboxylic acids is 1. The normalized spacial score (nSPS) is 14.1. The van der Waals surface area contributed by atoms with Gasteiger partial charge in [0.25, 0.3) is 0 Å². The van der Waals surface area contributed by atoms with Crippen molar-refractivity contribution in [2.75, 3.05) is 6.61 Å². The van der Waals surface area contributed by atoms with E-state index < -0.39 is 11.6 Å². The fourth-order valence-corrected chi connectivity index (χ4v) is 1.44. The molecule has 1 aromatic rings. The summed E-state index contributed by atoms with van der Waals surface area (Å²) in [6.45, 7) is 3.64. The predicted octanol–water partition coefficient (Wildman–Crippen LogP) is 2.69. The van der Waals surface area contributed by atoms with E-state index in [1.807, 2.05) is 6.92 Å². The Morgan fingerprint density at radius 3 is 2.71 bits per heavy atom. The number of aliphatic hydroxyl groups is 1. The minimum atomic E-state index is -1.01. The molecule has 4 nitrogen and oxygen atoms in total. The van der Waals surface area contributed by atoms with E-state index in [-0.39, 0.29) is 12.2 Å². The zero-order chi connectivity index (χ0) is 13.1. The summed E-state index contributed by atoms with van der Waals surface area (Å²) in [6, 6.07) is 4.52. The first-order valence-corrected chi connectivity index (χ1v) is 6.03. The van der Waals surface area contributed by atoms with Crippen molar-refractivity contribution in [3.63, 3.8) is 0 Å². The van der Waals surface area contributed by atoms with Gasteiger partial charge in [-0.15, -0.1) is 0 Å². The Bertz CT molecular complexity index is 415. The number of carboxylic acid groups (broad SMARTS) is 1. The average molecular weight is 303 g/mol. The lowest BCUT2D eigenvalue weighted by atomic mass is 10.1. The first kappa shape index (κ1) is 14.0. The quantitative estimate of drug-likeness (QED) is 0.877. The molecule has 0 aromatic heterocycles. The van der Waals surface area contributed by atoms with Crippen molar-refractivity contribution in [1.82, 2.24) is 0 Å². The number of hydrogen-bond acceptors (Lipinski definition) is 3. The van der Waals surface area contributed by atoms with Crippen LogP contribution in [0.25, 0.3) is 0 Å². The van der Waals surface area contributed by atoms with Gasteiger partial charge in [0, 0.05) is 0 Å². The summed E-state index contributed by atoms with van der Waals surface area (Å²) in [5, 5.41) is 18.7. The van der Waals surface area contributed by atoms with Crippen LogP contribution in [0.3, 0.4) is 0 Å². The van der Waals surface area contributed by atoms with E-state index in [9.17, 15) is 9.90 Å². The number of rotatable bonds is 5. The Kier molecular flexibility index (Phi) is 4.54. The van der Waals surface area contributed by atoms with E-state index in [2.05, 4.69) is 15.9 Å². The second-order valence-corrected chi connectivity index (χ2v) is 4.94. The van der Waals surface area contributed by atoms with Gasteiger partial charge in [0.2, 0.25) is 0 Å². The molecule has 1 atom stereocenters. The molecule has 0 bridgehead atoms. The molecule has 0 aliphatic rings. The van der Waals surface area contributed by atoms with Crippen LogP contribution in [0, 0.1) is 0 Å². The lowest BCUT2D eigenvalue weighted by Gasteiger charge is -2.22. The van der Waals surface area contributed by atoms with Gasteiger partial charge in [-0.1, -0.05) is 6.92 Å². The fraction of sp³-hybridized carbons (Fsp3) is 0.417. The highest BCUT2D eigenvalue weighted by atomic mass is 79.9. The Hall–Kier alpha value is -1.07. The van der Waals surface area contributed by atoms with Crippen LogP contribution in [0.2, 0.25) is 0 Å². The molecule has 0 aliphatic heterocycles. The number of ether oxygens (including phenoxy) is 1. The summed E-state index contributed by atoms with van der Waals surface area (Å²) in [7, 11) is 0. The van der Waals surface area contributed by atoms with Gasteiger partial charge < -0.3 is 14.9 Å². The topological polar surface area (TPSA) is 66.8 Å². The molecule has 0 spiro atoms. The summed E-state index contributed by atoms with van der Waals surface area (Å²) < 4.78 is 6.08. The molecule has 0 fully saturated rings. The van der Waals surface area contributed by atoms with E-state index in [1.54, 1.807) is 13.0 Å². The van der Waals surface area contributed by atoms with Crippen molar-refractivity contribution in [1.29, 1.82) is 0 Å². The third kappa shape index (κ3) is 4.02. The van der Waals surface area contributed by atoms with Crippen LogP contribution >= 0.6 is 15.9 Å². The molecule has 0 heterocycles. The van der Waals surface area contributed by atoms with E-state index in [4.69, 9.17) is 9.84 Å². The van der Waals surface area contributed by atoms with Crippen LogP contribution in [0.1, 0.15) is 30.6 Å². The zero-order valence-electron chi connectivity index (χ0n) is 9.74. The fourth-order valence-electron chi connectivity index (χ4n) is 1.08. The van der Waals surface area contributed by atoms with Crippen molar-refractivity contribution in [3.8, 4) is 5.75 Å². The van der Waals surface area contributed by atoms with Crippen molar-refractivity contribution in [3.05, 3.63) is 28.2 Å². The number of aromatic carboxylic acids is 1. The highest BCUT2D eigenvalue weighted by molar-refractivity contribution is 9.10. The SMILES string of the molecule is CCC(C)(O)COc1cc(C(=O)O)ccc1Br. The molecule has 0 saturated heterocycles. The molecule has 94 valence electrons. The van der Waals surface area contributed by atoms with Gasteiger partial charge in [-0.2, -0.15) is 0 Å². The molecule has 1 unspecified atom stereocenters. The molecular formula is C12H15BrO4. The third-order valence-electron chi connectivity index (χ3n) is 2.48. The zero-order valence-corrected chi connectivity index (χ0v) is 11.3. The van der Waals surface area contributed by atoms with Crippen molar-refractivity contribution < 1.29 is 19.7 Å². The Morgan fingerprint density at radius 1 is 1.53 bits per heavy atom. The molecule has 0 amide bonds. The number of benzene rings is 1. The molecule has 0 aliphatic carbocycles. The van der Waals surface area contributed by atoms with E-state index in [0.717, 1.165) is 0 Å². The molecule has 2 N–H and O–H groups in total. The van der Waals surface area contributed by atoms with Crippen LogP contribution in [0.5, 0.6) is 5.75 Å². The smallest absolute Gasteiger partial charge is 0.335 e. The van der Waals surface area contributed by atoms with E-state index >= 15 is 0 Å². The number of halogens is 1. The maximum Gasteiger partial charge on any atom is 0.335 e. The molecular weight excluding hydrogens is 288 g/mol. The molecule has 0 saturated carbocycles. The number of carbonyl (C=O) groups is 1. The van der Waals surface area contributed by atoms with E-state index in [0.29, 0.717) is 16.6 Å². The van der Waals surface area contributed by atoms with Crippen LogP contribution < -0.4 is 4.74 Å². The summed E-state index contributed by atoms with van der Waals surface area (Å²) in [5.41, 5.74) is -0.766. The minimum absolute atomic E-state index is 0.116.